The zero-order valence-corrected chi connectivity index (χ0v) is 18.8. The van der Waals surface area contributed by atoms with Gasteiger partial charge in [0.2, 0.25) is 0 Å². The van der Waals surface area contributed by atoms with Crippen LogP contribution in [0, 0.1) is 6.92 Å². The standard InChI is InChI=1S/C18H34N4O2.HI/c1-7-14(3)22(6)12-11-20-17(19-8-2)21-13-18(5,23)16-10-9-15(4)24-16;/h9-10,14,23H,7-8,11-13H2,1-6H3,(H2,19,20,21);1H. The molecule has 1 aromatic rings. The van der Waals surface area contributed by atoms with Crippen LogP contribution in [-0.2, 0) is 5.60 Å². The topological polar surface area (TPSA) is 73.0 Å². The molecule has 0 aliphatic rings. The van der Waals surface area contributed by atoms with Crippen molar-refractivity contribution in [1.82, 2.24) is 15.5 Å². The number of nitrogens with one attached hydrogen (secondary N) is 2. The van der Waals surface area contributed by atoms with Crippen molar-refractivity contribution >= 4 is 29.9 Å². The first kappa shape index (κ1) is 24.2. The average molecular weight is 466 g/mol. The van der Waals surface area contributed by atoms with Crippen LogP contribution in [0.1, 0.15) is 45.6 Å². The maximum atomic E-state index is 10.6. The number of hydrogen-bond donors (Lipinski definition) is 3. The summed E-state index contributed by atoms with van der Waals surface area (Å²) in [6, 6.07) is 4.21. The average Bonchev–Trinajstić information content (AvgIpc) is 2.99. The van der Waals surface area contributed by atoms with Crippen molar-refractivity contribution in [2.75, 3.05) is 33.2 Å². The van der Waals surface area contributed by atoms with E-state index in [1.165, 1.54) is 0 Å². The van der Waals surface area contributed by atoms with E-state index in [-0.39, 0.29) is 30.5 Å². The lowest BCUT2D eigenvalue weighted by atomic mass is 10.0. The fourth-order valence-corrected chi connectivity index (χ4v) is 2.26. The van der Waals surface area contributed by atoms with Crippen LogP contribution >= 0.6 is 24.0 Å². The molecule has 0 fully saturated rings. The van der Waals surface area contributed by atoms with Crippen LogP contribution in [0.3, 0.4) is 0 Å². The Bertz CT molecular complexity index is 517. The first-order chi connectivity index (χ1) is 11.3. The Balaban J connectivity index is 0.00000576. The van der Waals surface area contributed by atoms with Crippen LogP contribution in [0.25, 0.3) is 0 Å². The second kappa shape index (κ2) is 11.7. The molecular formula is C18H35IN4O2. The summed E-state index contributed by atoms with van der Waals surface area (Å²) in [5.74, 6) is 2.03. The van der Waals surface area contributed by atoms with Gasteiger partial charge in [0.1, 0.15) is 17.1 Å². The zero-order chi connectivity index (χ0) is 18.2. The highest BCUT2D eigenvalue weighted by Gasteiger charge is 2.26. The normalized spacial score (nSPS) is 15.4. The summed E-state index contributed by atoms with van der Waals surface area (Å²) in [5, 5.41) is 17.1. The Morgan fingerprint density at radius 3 is 2.56 bits per heavy atom. The van der Waals surface area contributed by atoms with Crippen molar-refractivity contribution in [3.63, 3.8) is 0 Å². The van der Waals surface area contributed by atoms with E-state index in [0.29, 0.717) is 17.8 Å². The fraction of sp³-hybridized carbons (Fsp3) is 0.722. The predicted molar refractivity (Wildman–Crippen MR) is 115 cm³/mol. The van der Waals surface area contributed by atoms with E-state index in [4.69, 9.17) is 4.42 Å². The molecule has 1 aromatic heterocycles. The molecule has 2 unspecified atom stereocenters. The number of furan rings is 1. The fourth-order valence-electron chi connectivity index (χ4n) is 2.26. The van der Waals surface area contributed by atoms with Gasteiger partial charge in [0.05, 0.1) is 6.54 Å². The van der Waals surface area contributed by atoms with Crippen LogP contribution < -0.4 is 10.6 Å². The van der Waals surface area contributed by atoms with Crippen LogP contribution in [0.15, 0.2) is 21.5 Å². The molecule has 0 spiro atoms. The third-order valence-electron chi connectivity index (χ3n) is 4.26. The highest BCUT2D eigenvalue weighted by Crippen LogP contribution is 2.22. The van der Waals surface area contributed by atoms with Gasteiger partial charge in [0, 0.05) is 25.7 Å². The lowest BCUT2D eigenvalue weighted by molar-refractivity contribution is 0.0428. The summed E-state index contributed by atoms with van der Waals surface area (Å²) in [6.07, 6.45) is 1.14. The Kier molecular flexibility index (Phi) is 11.4. The van der Waals surface area contributed by atoms with E-state index in [2.05, 4.69) is 41.4 Å². The highest BCUT2D eigenvalue weighted by atomic mass is 127. The first-order valence-electron chi connectivity index (χ1n) is 8.81. The van der Waals surface area contributed by atoms with Crippen molar-refractivity contribution in [2.45, 2.75) is 52.7 Å². The molecule has 0 radical (unpaired) electrons. The summed E-state index contributed by atoms with van der Waals surface area (Å²) in [7, 11) is 2.13. The van der Waals surface area contributed by atoms with Gasteiger partial charge in [-0.15, -0.1) is 24.0 Å². The smallest absolute Gasteiger partial charge is 0.191 e. The van der Waals surface area contributed by atoms with E-state index in [9.17, 15) is 5.11 Å². The van der Waals surface area contributed by atoms with Gasteiger partial charge >= 0.3 is 0 Å². The number of guanidine groups is 1. The van der Waals surface area contributed by atoms with Crippen LogP contribution in [0.4, 0.5) is 0 Å². The molecule has 25 heavy (non-hydrogen) atoms. The predicted octanol–water partition coefficient (Wildman–Crippen LogP) is 2.70. The van der Waals surface area contributed by atoms with Gasteiger partial charge in [-0.2, -0.15) is 0 Å². The van der Waals surface area contributed by atoms with Crippen LogP contribution in [0.2, 0.25) is 0 Å². The second-order valence-corrected chi connectivity index (χ2v) is 6.54. The van der Waals surface area contributed by atoms with Gasteiger partial charge in [0.25, 0.3) is 0 Å². The van der Waals surface area contributed by atoms with Gasteiger partial charge in [0.15, 0.2) is 5.96 Å². The van der Waals surface area contributed by atoms with Crippen molar-refractivity contribution in [3.05, 3.63) is 23.7 Å². The Labute approximate surface area is 169 Å². The van der Waals surface area contributed by atoms with E-state index in [1.807, 2.05) is 19.9 Å². The first-order valence-corrected chi connectivity index (χ1v) is 8.81. The number of aliphatic hydroxyl groups is 1. The largest absolute Gasteiger partial charge is 0.463 e. The third-order valence-corrected chi connectivity index (χ3v) is 4.26. The maximum Gasteiger partial charge on any atom is 0.191 e. The number of likely N-dealkylation sites (N-methyl/N-ethyl adjacent to an activating group) is 1. The minimum absolute atomic E-state index is 0. The number of nitrogens with zero attached hydrogens (tertiary/aromatic N) is 2. The maximum absolute atomic E-state index is 10.6. The molecule has 0 saturated carbocycles. The molecule has 0 aliphatic heterocycles. The van der Waals surface area contributed by atoms with Gasteiger partial charge in [-0.05, 0) is 53.3 Å². The Morgan fingerprint density at radius 1 is 1.36 bits per heavy atom. The lowest BCUT2D eigenvalue weighted by Gasteiger charge is -2.24. The number of rotatable bonds is 9. The molecule has 0 bridgehead atoms. The SMILES string of the molecule is CCNC(=NCC(C)(O)c1ccc(C)o1)NCCN(C)C(C)CC.I. The van der Waals surface area contributed by atoms with Crippen molar-refractivity contribution in [1.29, 1.82) is 0 Å². The minimum atomic E-state index is -1.12. The van der Waals surface area contributed by atoms with Gasteiger partial charge in [-0.1, -0.05) is 6.92 Å². The molecule has 1 rings (SSSR count). The van der Waals surface area contributed by atoms with E-state index in [1.54, 1.807) is 13.0 Å². The van der Waals surface area contributed by atoms with Gasteiger partial charge < -0.3 is 25.1 Å². The zero-order valence-electron chi connectivity index (χ0n) is 16.4. The summed E-state index contributed by atoms with van der Waals surface area (Å²) in [5.41, 5.74) is -1.12. The van der Waals surface area contributed by atoms with Gasteiger partial charge in [-0.3, -0.25) is 0 Å². The molecule has 146 valence electrons. The molecule has 3 N–H and O–H groups in total. The second-order valence-electron chi connectivity index (χ2n) is 6.54. The van der Waals surface area contributed by atoms with Crippen molar-refractivity contribution in [2.24, 2.45) is 4.99 Å². The quantitative estimate of drug-likeness (QED) is 0.297. The number of aryl methyl sites for hydroxylation is 1. The Morgan fingerprint density at radius 2 is 2.04 bits per heavy atom. The third kappa shape index (κ3) is 8.42. The van der Waals surface area contributed by atoms with E-state index >= 15 is 0 Å². The van der Waals surface area contributed by atoms with Crippen molar-refractivity contribution in [3.8, 4) is 0 Å². The van der Waals surface area contributed by atoms with Crippen molar-refractivity contribution < 1.29 is 9.52 Å². The molecule has 0 saturated heterocycles. The monoisotopic (exact) mass is 466 g/mol. The Hall–Kier alpha value is -0.800. The molecule has 1 heterocycles. The molecule has 6 nitrogen and oxygen atoms in total. The van der Waals surface area contributed by atoms with E-state index < -0.39 is 5.60 Å². The molecular weight excluding hydrogens is 431 g/mol. The van der Waals surface area contributed by atoms with Gasteiger partial charge in [-0.25, -0.2) is 4.99 Å². The summed E-state index contributed by atoms with van der Waals surface area (Å²) in [6.45, 7) is 12.8. The van der Waals surface area contributed by atoms with Crippen LogP contribution in [0.5, 0.6) is 0 Å². The number of hydrogen-bond acceptors (Lipinski definition) is 4. The lowest BCUT2D eigenvalue weighted by Crippen LogP contribution is -2.43. The molecule has 2 atom stereocenters. The number of aliphatic imine (C=N–C) groups is 1. The summed E-state index contributed by atoms with van der Waals surface area (Å²) >= 11 is 0. The molecule has 0 amide bonds. The van der Waals surface area contributed by atoms with Crippen LogP contribution in [-0.4, -0.2) is 55.2 Å². The molecule has 7 heteroatoms. The van der Waals surface area contributed by atoms with E-state index in [0.717, 1.165) is 31.8 Å². The summed E-state index contributed by atoms with van der Waals surface area (Å²) < 4.78 is 5.53. The highest BCUT2D eigenvalue weighted by molar-refractivity contribution is 14.0. The molecule has 0 aromatic carbocycles. The minimum Gasteiger partial charge on any atom is -0.463 e. The number of halogens is 1. The summed E-state index contributed by atoms with van der Waals surface area (Å²) in [4.78, 5) is 6.82. The molecule has 0 aliphatic carbocycles.